The number of nitrogens with one attached hydrogen (secondary N) is 2. The smallest absolute Gasteiger partial charge is 0.225 e. The summed E-state index contributed by atoms with van der Waals surface area (Å²) in [5.41, 5.74) is 4.98. The highest BCUT2D eigenvalue weighted by Crippen LogP contribution is 2.24. The van der Waals surface area contributed by atoms with Gasteiger partial charge in [-0.3, -0.25) is 5.10 Å². The zero-order valence-electron chi connectivity index (χ0n) is 16.2. The van der Waals surface area contributed by atoms with Crippen LogP contribution in [0.4, 0.5) is 21.7 Å². The SMILES string of the molecule is Fc1cnc(N2CCN(c3ccc(NC4CCc5cn[nH]c5C4)cc3)CC2)nc1. The minimum atomic E-state index is -0.403. The Morgan fingerprint density at radius 3 is 2.45 bits per heavy atom. The van der Waals surface area contributed by atoms with E-state index in [0.717, 1.165) is 51.1 Å². The molecule has 0 saturated carbocycles. The minimum absolute atomic E-state index is 0.403. The first-order valence-electron chi connectivity index (χ1n) is 10.1. The average molecular weight is 393 g/mol. The van der Waals surface area contributed by atoms with E-state index in [4.69, 9.17) is 0 Å². The van der Waals surface area contributed by atoms with Crippen molar-refractivity contribution in [2.24, 2.45) is 0 Å². The van der Waals surface area contributed by atoms with E-state index in [1.54, 1.807) is 0 Å². The number of fused-ring (bicyclic) bond motifs is 1. The summed E-state index contributed by atoms with van der Waals surface area (Å²) >= 11 is 0. The highest BCUT2D eigenvalue weighted by Gasteiger charge is 2.21. The number of halogens is 1. The fourth-order valence-electron chi connectivity index (χ4n) is 4.17. The van der Waals surface area contributed by atoms with Gasteiger partial charge in [0.25, 0.3) is 0 Å². The lowest BCUT2D eigenvalue weighted by Gasteiger charge is -2.36. The van der Waals surface area contributed by atoms with E-state index in [1.165, 1.54) is 29.3 Å². The molecule has 0 radical (unpaired) electrons. The van der Waals surface area contributed by atoms with E-state index in [-0.39, 0.29) is 0 Å². The van der Waals surface area contributed by atoms with Gasteiger partial charge in [0, 0.05) is 55.7 Å². The molecule has 1 fully saturated rings. The molecule has 0 amide bonds. The summed E-state index contributed by atoms with van der Waals surface area (Å²) in [6.45, 7) is 3.41. The van der Waals surface area contributed by atoms with Gasteiger partial charge < -0.3 is 15.1 Å². The van der Waals surface area contributed by atoms with Crippen LogP contribution in [0.3, 0.4) is 0 Å². The largest absolute Gasteiger partial charge is 0.382 e. The number of nitrogens with zero attached hydrogens (tertiary/aromatic N) is 5. The predicted octanol–water partition coefficient (Wildman–Crippen LogP) is 2.63. The van der Waals surface area contributed by atoms with E-state index >= 15 is 0 Å². The minimum Gasteiger partial charge on any atom is -0.382 e. The van der Waals surface area contributed by atoms with E-state index < -0.39 is 5.82 Å². The van der Waals surface area contributed by atoms with Crippen molar-refractivity contribution in [2.75, 3.05) is 41.3 Å². The maximum Gasteiger partial charge on any atom is 0.225 e. The van der Waals surface area contributed by atoms with Gasteiger partial charge in [-0.25, -0.2) is 14.4 Å². The van der Waals surface area contributed by atoms with Gasteiger partial charge in [-0.1, -0.05) is 0 Å². The molecule has 1 atom stereocenters. The number of H-pyrrole nitrogens is 1. The van der Waals surface area contributed by atoms with Gasteiger partial charge in [0.05, 0.1) is 18.6 Å². The fraction of sp³-hybridized carbons (Fsp3) is 0.381. The van der Waals surface area contributed by atoms with Gasteiger partial charge in [-0.2, -0.15) is 5.10 Å². The maximum atomic E-state index is 13.0. The maximum absolute atomic E-state index is 13.0. The summed E-state index contributed by atoms with van der Waals surface area (Å²) in [6, 6.07) is 9.11. The third-order valence-electron chi connectivity index (χ3n) is 5.79. The van der Waals surface area contributed by atoms with Crippen LogP contribution in [0.5, 0.6) is 0 Å². The number of hydrogen-bond donors (Lipinski definition) is 2. The van der Waals surface area contributed by atoms with E-state index in [2.05, 4.69) is 59.5 Å². The molecular weight excluding hydrogens is 369 g/mol. The molecule has 8 heteroatoms. The van der Waals surface area contributed by atoms with Crippen LogP contribution >= 0.6 is 0 Å². The molecule has 1 aromatic carbocycles. The lowest BCUT2D eigenvalue weighted by Crippen LogP contribution is -2.47. The third-order valence-corrected chi connectivity index (χ3v) is 5.79. The van der Waals surface area contributed by atoms with Gasteiger partial charge in [-0.15, -0.1) is 0 Å². The van der Waals surface area contributed by atoms with Gasteiger partial charge in [0.15, 0.2) is 5.82 Å². The molecule has 2 aliphatic rings. The number of aromatic nitrogens is 4. The summed E-state index contributed by atoms with van der Waals surface area (Å²) in [4.78, 5) is 12.6. The molecule has 1 aliphatic carbocycles. The number of benzene rings is 1. The molecule has 1 unspecified atom stereocenters. The Kier molecular flexibility index (Phi) is 4.75. The lowest BCUT2D eigenvalue weighted by atomic mass is 9.93. The van der Waals surface area contributed by atoms with Crippen LogP contribution in [0, 0.1) is 5.82 Å². The fourth-order valence-corrected chi connectivity index (χ4v) is 4.17. The summed E-state index contributed by atoms with van der Waals surface area (Å²) in [7, 11) is 0. The van der Waals surface area contributed by atoms with Crippen LogP contribution in [-0.4, -0.2) is 52.4 Å². The predicted molar refractivity (Wildman–Crippen MR) is 111 cm³/mol. The number of aromatic amines is 1. The Bertz CT molecular complexity index is 946. The summed E-state index contributed by atoms with van der Waals surface area (Å²) in [6.07, 6.45) is 7.58. The number of hydrogen-bond acceptors (Lipinski definition) is 6. The summed E-state index contributed by atoms with van der Waals surface area (Å²) < 4.78 is 13.0. The Morgan fingerprint density at radius 1 is 0.966 bits per heavy atom. The Morgan fingerprint density at radius 2 is 1.69 bits per heavy atom. The Labute approximate surface area is 169 Å². The van der Waals surface area contributed by atoms with E-state index in [1.807, 2.05) is 6.20 Å². The van der Waals surface area contributed by atoms with Crippen LogP contribution in [0.15, 0.2) is 42.9 Å². The molecule has 29 heavy (non-hydrogen) atoms. The van der Waals surface area contributed by atoms with Crippen molar-refractivity contribution in [3.63, 3.8) is 0 Å². The average Bonchev–Trinajstić information content (AvgIpc) is 3.23. The second-order valence-electron chi connectivity index (χ2n) is 7.68. The van der Waals surface area contributed by atoms with Crippen molar-refractivity contribution >= 4 is 17.3 Å². The quantitative estimate of drug-likeness (QED) is 0.710. The standard InChI is InChI=1S/C21H24FN7/c22-16-13-23-21(24-14-16)29-9-7-28(8-10-29)19-5-3-17(4-6-19)26-18-2-1-15-12-25-27-20(15)11-18/h3-6,12-14,18,26H,1-2,7-11H2,(H,25,27). The number of piperazine rings is 1. The van der Waals surface area contributed by atoms with Crippen molar-refractivity contribution in [3.05, 3.63) is 59.9 Å². The topological polar surface area (TPSA) is 73.0 Å². The van der Waals surface area contributed by atoms with E-state index in [0.29, 0.717) is 12.0 Å². The van der Waals surface area contributed by atoms with Crippen molar-refractivity contribution in [1.82, 2.24) is 20.2 Å². The molecule has 0 spiro atoms. The second kappa shape index (κ2) is 7.69. The molecule has 5 rings (SSSR count). The molecule has 1 saturated heterocycles. The molecule has 1 aliphatic heterocycles. The van der Waals surface area contributed by atoms with Gasteiger partial charge in [0.2, 0.25) is 5.95 Å². The molecule has 3 heterocycles. The van der Waals surface area contributed by atoms with Gasteiger partial charge in [0.1, 0.15) is 0 Å². The molecule has 3 aromatic rings. The first kappa shape index (κ1) is 17.9. The van der Waals surface area contributed by atoms with Crippen molar-refractivity contribution < 1.29 is 4.39 Å². The number of aryl methyl sites for hydroxylation is 1. The molecular formula is C21H24FN7. The summed E-state index contributed by atoms with van der Waals surface area (Å²) in [5, 5.41) is 10.9. The first-order valence-corrected chi connectivity index (χ1v) is 10.1. The van der Waals surface area contributed by atoms with Crippen LogP contribution in [-0.2, 0) is 12.8 Å². The van der Waals surface area contributed by atoms with Crippen molar-refractivity contribution in [2.45, 2.75) is 25.3 Å². The van der Waals surface area contributed by atoms with Gasteiger partial charge in [-0.05, 0) is 42.7 Å². The van der Waals surface area contributed by atoms with Crippen molar-refractivity contribution in [1.29, 1.82) is 0 Å². The normalized spacial score (nSPS) is 19.1. The van der Waals surface area contributed by atoms with Crippen LogP contribution in [0.1, 0.15) is 17.7 Å². The molecule has 0 bridgehead atoms. The van der Waals surface area contributed by atoms with Gasteiger partial charge >= 0.3 is 0 Å². The number of anilines is 3. The van der Waals surface area contributed by atoms with Crippen molar-refractivity contribution in [3.8, 4) is 0 Å². The van der Waals surface area contributed by atoms with Crippen LogP contribution in [0.25, 0.3) is 0 Å². The Hall–Kier alpha value is -3.16. The Balaban J connectivity index is 1.16. The molecule has 2 aromatic heterocycles. The zero-order valence-corrected chi connectivity index (χ0v) is 16.2. The lowest BCUT2D eigenvalue weighted by molar-refractivity contribution is 0.602. The second-order valence-corrected chi connectivity index (χ2v) is 7.68. The van der Waals surface area contributed by atoms with Crippen LogP contribution in [0.2, 0.25) is 0 Å². The molecule has 2 N–H and O–H groups in total. The summed E-state index contributed by atoms with van der Waals surface area (Å²) in [5.74, 6) is 0.192. The first-order chi connectivity index (χ1) is 14.2. The number of rotatable bonds is 4. The zero-order chi connectivity index (χ0) is 19.6. The highest BCUT2D eigenvalue weighted by atomic mass is 19.1. The van der Waals surface area contributed by atoms with E-state index in [9.17, 15) is 4.39 Å². The molecule has 150 valence electrons. The van der Waals surface area contributed by atoms with Crippen LogP contribution < -0.4 is 15.1 Å². The monoisotopic (exact) mass is 393 g/mol. The third kappa shape index (κ3) is 3.87. The molecule has 7 nitrogen and oxygen atoms in total. The highest BCUT2D eigenvalue weighted by molar-refractivity contribution is 5.56.